The first kappa shape index (κ1) is 13.7. The summed E-state index contributed by atoms with van der Waals surface area (Å²) >= 11 is 5.36. The minimum absolute atomic E-state index is 0.779. The molecular weight excluding hydrogens is 218 g/mol. The smallest absolute Gasteiger partial charge is 0.168 e. The van der Waals surface area contributed by atoms with Gasteiger partial charge in [-0.25, -0.2) is 0 Å². The molecule has 0 radical (unpaired) electrons. The molecule has 1 rings (SSSR count). The van der Waals surface area contributed by atoms with Crippen LogP contribution in [0.1, 0.15) is 26.2 Å². The topological polar surface area (TPSA) is 18.5 Å². The molecule has 4 heteroatoms. The van der Waals surface area contributed by atoms with E-state index in [1.54, 1.807) is 0 Å². The molecular formula is C12H25N3S. The zero-order valence-electron chi connectivity index (χ0n) is 10.8. The van der Waals surface area contributed by atoms with Crippen molar-refractivity contribution in [2.75, 3.05) is 40.3 Å². The van der Waals surface area contributed by atoms with Crippen molar-refractivity contribution < 1.29 is 0 Å². The molecule has 0 aliphatic carbocycles. The number of thiocarbonyl (C=S) groups is 1. The summed E-state index contributed by atoms with van der Waals surface area (Å²) < 4.78 is 0. The van der Waals surface area contributed by atoms with Gasteiger partial charge in [-0.3, -0.25) is 0 Å². The quantitative estimate of drug-likeness (QED) is 0.583. The fraction of sp³-hybridized carbons (Fsp3) is 0.917. The molecule has 1 saturated heterocycles. The summed E-state index contributed by atoms with van der Waals surface area (Å²) in [6.07, 6.45) is 3.71. The lowest BCUT2D eigenvalue weighted by Crippen LogP contribution is -2.40. The van der Waals surface area contributed by atoms with E-state index in [0.717, 1.165) is 24.1 Å². The highest BCUT2D eigenvalue weighted by Gasteiger charge is 2.21. The van der Waals surface area contributed by atoms with Crippen LogP contribution >= 0.6 is 12.2 Å². The van der Waals surface area contributed by atoms with Gasteiger partial charge in [-0.15, -0.1) is 0 Å². The van der Waals surface area contributed by atoms with Gasteiger partial charge in [0.05, 0.1) is 0 Å². The van der Waals surface area contributed by atoms with Gasteiger partial charge >= 0.3 is 0 Å². The Morgan fingerprint density at radius 3 is 2.88 bits per heavy atom. The predicted molar refractivity (Wildman–Crippen MR) is 73.7 cm³/mol. The third kappa shape index (κ3) is 4.66. The maximum Gasteiger partial charge on any atom is 0.168 e. The number of unbranched alkanes of at least 4 members (excludes halogenated alkanes) is 1. The first-order valence-corrected chi connectivity index (χ1v) is 6.71. The summed E-state index contributed by atoms with van der Waals surface area (Å²) in [6, 6.07) is 0. The van der Waals surface area contributed by atoms with Crippen molar-refractivity contribution >= 4 is 17.3 Å². The lowest BCUT2D eigenvalue weighted by atomic mass is 10.1. The fourth-order valence-corrected chi connectivity index (χ4v) is 2.33. The molecule has 1 aliphatic rings. The molecule has 1 aliphatic heterocycles. The molecule has 1 unspecified atom stereocenters. The van der Waals surface area contributed by atoms with Crippen molar-refractivity contribution in [2.45, 2.75) is 26.2 Å². The van der Waals surface area contributed by atoms with E-state index in [0.29, 0.717) is 0 Å². The molecule has 16 heavy (non-hydrogen) atoms. The Balaban J connectivity index is 2.18. The second-order valence-corrected chi connectivity index (χ2v) is 5.27. The van der Waals surface area contributed by atoms with Crippen LogP contribution in [0.15, 0.2) is 0 Å². The number of likely N-dealkylation sites (tertiary alicyclic amines) is 1. The number of hydrogen-bond donors (Lipinski definition) is 1. The average molecular weight is 243 g/mol. The summed E-state index contributed by atoms with van der Waals surface area (Å²) in [5, 5.41) is 4.22. The van der Waals surface area contributed by atoms with E-state index in [1.807, 2.05) is 0 Å². The Morgan fingerprint density at radius 1 is 1.56 bits per heavy atom. The Hall–Kier alpha value is -0.350. The Morgan fingerprint density at radius 2 is 2.31 bits per heavy atom. The van der Waals surface area contributed by atoms with Gasteiger partial charge < -0.3 is 15.1 Å². The van der Waals surface area contributed by atoms with E-state index < -0.39 is 0 Å². The van der Waals surface area contributed by atoms with Crippen LogP contribution in [0.25, 0.3) is 0 Å². The SMILES string of the molecule is CCCCNC(=S)N(C)CC1CCN(C)C1. The van der Waals surface area contributed by atoms with Gasteiger partial charge in [-0.05, 0) is 44.6 Å². The van der Waals surface area contributed by atoms with E-state index in [4.69, 9.17) is 12.2 Å². The highest BCUT2D eigenvalue weighted by Crippen LogP contribution is 2.14. The minimum atomic E-state index is 0.779. The zero-order valence-corrected chi connectivity index (χ0v) is 11.6. The van der Waals surface area contributed by atoms with Crippen molar-refractivity contribution in [1.29, 1.82) is 0 Å². The van der Waals surface area contributed by atoms with Crippen molar-refractivity contribution in [3.63, 3.8) is 0 Å². The molecule has 0 saturated carbocycles. The summed E-state index contributed by atoms with van der Waals surface area (Å²) in [5.41, 5.74) is 0. The molecule has 1 fully saturated rings. The second kappa shape index (κ2) is 7.07. The van der Waals surface area contributed by atoms with Crippen molar-refractivity contribution in [3.8, 4) is 0 Å². The van der Waals surface area contributed by atoms with E-state index in [2.05, 4.69) is 36.1 Å². The summed E-state index contributed by atoms with van der Waals surface area (Å²) in [5.74, 6) is 0.779. The van der Waals surface area contributed by atoms with Crippen LogP contribution in [0.5, 0.6) is 0 Å². The third-order valence-electron chi connectivity index (χ3n) is 3.17. The van der Waals surface area contributed by atoms with E-state index in [9.17, 15) is 0 Å². The zero-order chi connectivity index (χ0) is 12.0. The van der Waals surface area contributed by atoms with E-state index >= 15 is 0 Å². The molecule has 0 spiro atoms. The molecule has 1 N–H and O–H groups in total. The molecule has 0 bridgehead atoms. The van der Waals surface area contributed by atoms with Crippen LogP contribution in [0, 0.1) is 5.92 Å². The standard InChI is InChI=1S/C12H25N3S/c1-4-5-7-13-12(16)15(3)10-11-6-8-14(2)9-11/h11H,4-10H2,1-3H3,(H,13,16). The molecule has 0 aromatic heterocycles. The Bertz CT molecular complexity index is 220. The fourth-order valence-electron chi connectivity index (χ4n) is 2.15. The van der Waals surface area contributed by atoms with E-state index in [-0.39, 0.29) is 0 Å². The molecule has 0 amide bonds. The normalized spacial score (nSPS) is 21.1. The maximum absolute atomic E-state index is 5.36. The van der Waals surface area contributed by atoms with Crippen LogP contribution in [-0.2, 0) is 0 Å². The molecule has 0 aromatic rings. The number of hydrogen-bond acceptors (Lipinski definition) is 2. The van der Waals surface area contributed by atoms with Crippen molar-refractivity contribution in [3.05, 3.63) is 0 Å². The molecule has 0 aromatic carbocycles. The van der Waals surface area contributed by atoms with Crippen LogP contribution in [0.2, 0.25) is 0 Å². The summed E-state index contributed by atoms with van der Waals surface area (Å²) in [6.45, 7) is 6.73. The van der Waals surface area contributed by atoms with Crippen molar-refractivity contribution in [2.24, 2.45) is 5.92 Å². The number of nitrogens with zero attached hydrogens (tertiary/aromatic N) is 2. The highest BCUT2D eigenvalue weighted by molar-refractivity contribution is 7.80. The molecule has 1 heterocycles. The van der Waals surface area contributed by atoms with Gasteiger partial charge in [-0.1, -0.05) is 13.3 Å². The van der Waals surface area contributed by atoms with Gasteiger partial charge in [0.1, 0.15) is 0 Å². The average Bonchev–Trinajstić information content (AvgIpc) is 2.64. The Kier molecular flexibility index (Phi) is 6.06. The van der Waals surface area contributed by atoms with Gasteiger partial charge in [0.2, 0.25) is 0 Å². The second-order valence-electron chi connectivity index (χ2n) is 4.88. The third-order valence-corrected chi connectivity index (χ3v) is 3.63. The predicted octanol–water partition coefficient (Wildman–Crippen LogP) is 1.54. The molecule has 1 atom stereocenters. The number of rotatable bonds is 5. The molecule has 3 nitrogen and oxygen atoms in total. The summed E-state index contributed by atoms with van der Waals surface area (Å²) in [7, 11) is 4.29. The Labute approximate surface area is 105 Å². The molecule has 94 valence electrons. The lowest BCUT2D eigenvalue weighted by molar-refractivity contribution is 0.353. The van der Waals surface area contributed by atoms with Gasteiger partial charge in [0, 0.05) is 26.7 Å². The van der Waals surface area contributed by atoms with Gasteiger partial charge in [-0.2, -0.15) is 0 Å². The van der Waals surface area contributed by atoms with Crippen molar-refractivity contribution in [1.82, 2.24) is 15.1 Å². The minimum Gasteiger partial charge on any atom is -0.363 e. The van der Waals surface area contributed by atoms with Crippen LogP contribution in [0.3, 0.4) is 0 Å². The van der Waals surface area contributed by atoms with E-state index in [1.165, 1.54) is 32.4 Å². The largest absolute Gasteiger partial charge is 0.363 e. The monoisotopic (exact) mass is 243 g/mol. The van der Waals surface area contributed by atoms with Crippen LogP contribution in [-0.4, -0.2) is 55.2 Å². The first-order chi connectivity index (χ1) is 7.63. The number of nitrogens with one attached hydrogen (secondary N) is 1. The highest BCUT2D eigenvalue weighted by atomic mass is 32.1. The van der Waals surface area contributed by atoms with Gasteiger partial charge in [0.15, 0.2) is 5.11 Å². The van der Waals surface area contributed by atoms with Crippen LogP contribution in [0.4, 0.5) is 0 Å². The lowest BCUT2D eigenvalue weighted by Gasteiger charge is -2.24. The first-order valence-electron chi connectivity index (χ1n) is 6.31. The maximum atomic E-state index is 5.36. The van der Waals surface area contributed by atoms with Gasteiger partial charge in [0.25, 0.3) is 0 Å². The summed E-state index contributed by atoms with van der Waals surface area (Å²) in [4.78, 5) is 4.58. The van der Waals surface area contributed by atoms with Crippen LogP contribution < -0.4 is 5.32 Å².